The van der Waals surface area contributed by atoms with Gasteiger partial charge in [-0.25, -0.2) is 0 Å². The molecule has 2 aromatic rings. The lowest BCUT2D eigenvalue weighted by molar-refractivity contribution is 0.174. The van der Waals surface area contributed by atoms with Crippen molar-refractivity contribution in [3.8, 4) is 22.6 Å². The molecule has 0 atom stereocenters. The highest BCUT2D eigenvalue weighted by Gasteiger charge is 2.15. The zero-order chi connectivity index (χ0) is 11.8. The summed E-state index contributed by atoms with van der Waals surface area (Å²) in [5.41, 5.74) is 10.1. The van der Waals surface area contributed by atoms with Crippen molar-refractivity contribution < 1.29 is 9.47 Å². The summed E-state index contributed by atoms with van der Waals surface area (Å²) in [5.74, 6) is 1.58. The van der Waals surface area contributed by atoms with Crippen LogP contribution in [0.3, 0.4) is 0 Å². The van der Waals surface area contributed by atoms with Crippen LogP contribution in [0.15, 0.2) is 36.4 Å². The second kappa shape index (κ2) is 3.70. The van der Waals surface area contributed by atoms with Crippen LogP contribution in [0.2, 0.25) is 0 Å². The van der Waals surface area contributed by atoms with Crippen molar-refractivity contribution in [2.75, 3.05) is 12.5 Å². The maximum Gasteiger partial charge on any atom is 0.231 e. The Morgan fingerprint density at radius 3 is 2.71 bits per heavy atom. The quantitative estimate of drug-likeness (QED) is 0.762. The minimum Gasteiger partial charge on any atom is -0.454 e. The van der Waals surface area contributed by atoms with Gasteiger partial charge in [0.05, 0.1) is 0 Å². The molecule has 0 unspecified atom stereocenters. The third kappa shape index (κ3) is 1.60. The molecule has 17 heavy (non-hydrogen) atoms. The van der Waals surface area contributed by atoms with Crippen molar-refractivity contribution in [2.45, 2.75) is 6.92 Å². The lowest BCUT2D eigenvalue weighted by atomic mass is 9.98. The Balaban J connectivity index is 2.16. The number of rotatable bonds is 1. The Morgan fingerprint density at radius 1 is 1.06 bits per heavy atom. The molecule has 0 bridgehead atoms. The van der Waals surface area contributed by atoms with Crippen LogP contribution in [-0.4, -0.2) is 6.79 Å². The summed E-state index contributed by atoms with van der Waals surface area (Å²) < 4.78 is 10.7. The normalized spacial score (nSPS) is 12.8. The number of nitrogen functional groups attached to an aromatic ring is 1. The maximum atomic E-state index is 6.03. The minimum absolute atomic E-state index is 0.294. The highest BCUT2D eigenvalue weighted by Crippen LogP contribution is 2.38. The van der Waals surface area contributed by atoms with Gasteiger partial charge in [-0.2, -0.15) is 0 Å². The molecule has 3 nitrogen and oxygen atoms in total. The first-order valence-electron chi connectivity index (χ1n) is 5.51. The van der Waals surface area contributed by atoms with Gasteiger partial charge in [-0.05, 0) is 36.2 Å². The second-order valence-electron chi connectivity index (χ2n) is 4.11. The Morgan fingerprint density at radius 2 is 1.88 bits per heavy atom. The largest absolute Gasteiger partial charge is 0.454 e. The van der Waals surface area contributed by atoms with E-state index < -0.39 is 0 Å². The van der Waals surface area contributed by atoms with Gasteiger partial charge in [-0.15, -0.1) is 0 Å². The number of aryl methyl sites for hydroxylation is 1. The summed E-state index contributed by atoms with van der Waals surface area (Å²) in [7, 11) is 0. The second-order valence-corrected chi connectivity index (χ2v) is 4.11. The predicted molar refractivity (Wildman–Crippen MR) is 67.2 cm³/mol. The van der Waals surface area contributed by atoms with Gasteiger partial charge in [-0.1, -0.05) is 18.2 Å². The first kappa shape index (κ1) is 10.0. The van der Waals surface area contributed by atoms with E-state index in [9.17, 15) is 0 Å². The van der Waals surface area contributed by atoms with Crippen molar-refractivity contribution in [3.05, 3.63) is 42.0 Å². The fourth-order valence-electron chi connectivity index (χ4n) is 2.14. The Bertz CT molecular complexity index is 558. The average molecular weight is 227 g/mol. The van der Waals surface area contributed by atoms with E-state index in [1.54, 1.807) is 0 Å². The zero-order valence-corrected chi connectivity index (χ0v) is 9.57. The lowest BCUT2D eigenvalue weighted by Crippen LogP contribution is -1.93. The molecular weight excluding hydrogens is 214 g/mol. The molecule has 86 valence electrons. The molecule has 0 aromatic heterocycles. The Hall–Kier alpha value is -2.16. The summed E-state index contributed by atoms with van der Waals surface area (Å²) in [5, 5.41) is 0. The standard InChI is InChI=1S/C14H13NO2/c1-9-3-2-4-11(15)14(9)10-5-6-12-13(7-10)17-8-16-12/h2-7H,8,15H2,1H3. The van der Waals surface area contributed by atoms with Gasteiger partial charge < -0.3 is 15.2 Å². The summed E-state index contributed by atoms with van der Waals surface area (Å²) in [4.78, 5) is 0. The lowest BCUT2D eigenvalue weighted by Gasteiger charge is -2.10. The SMILES string of the molecule is Cc1cccc(N)c1-c1ccc2c(c1)OCO2. The molecule has 0 spiro atoms. The molecule has 1 heterocycles. The molecule has 0 amide bonds. The van der Waals surface area contributed by atoms with Crippen LogP contribution in [0.4, 0.5) is 5.69 Å². The van der Waals surface area contributed by atoms with Crippen LogP contribution >= 0.6 is 0 Å². The molecule has 2 N–H and O–H groups in total. The van der Waals surface area contributed by atoms with Crippen LogP contribution in [-0.2, 0) is 0 Å². The first-order valence-corrected chi connectivity index (χ1v) is 5.51. The van der Waals surface area contributed by atoms with E-state index in [0.29, 0.717) is 6.79 Å². The minimum atomic E-state index is 0.294. The fourth-order valence-corrected chi connectivity index (χ4v) is 2.14. The van der Waals surface area contributed by atoms with Crippen molar-refractivity contribution in [1.82, 2.24) is 0 Å². The predicted octanol–water partition coefficient (Wildman–Crippen LogP) is 2.97. The van der Waals surface area contributed by atoms with Gasteiger partial charge in [0, 0.05) is 11.3 Å². The molecule has 0 fully saturated rings. The summed E-state index contributed by atoms with van der Waals surface area (Å²) in [6, 6.07) is 11.8. The number of hydrogen-bond acceptors (Lipinski definition) is 3. The van der Waals surface area contributed by atoms with Crippen LogP contribution in [0.5, 0.6) is 11.5 Å². The van der Waals surface area contributed by atoms with Gasteiger partial charge in [0.1, 0.15) is 0 Å². The Kier molecular flexibility index (Phi) is 2.18. The van der Waals surface area contributed by atoms with E-state index in [1.807, 2.05) is 30.3 Å². The number of fused-ring (bicyclic) bond motifs is 1. The smallest absolute Gasteiger partial charge is 0.231 e. The average Bonchev–Trinajstić information content (AvgIpc) is 2.76. The first-order chi connectivity index (χ1) is 8.25. The number of anilines is 1. The van der Waals surface area contributed by atoms with Gasteiger partial charge in [0.15, 0.2) is 11.5 Å². The number of nitrogens with two attached hydrogens (primary N) is 1. The highest BCUT2D eigenvalue weighted by molar-refractivity contribution is 5.80. The van der Waals surface area contributed by atoms with Crippen LogP contribution < -0.4 is 15.2 Å². The van der Waals surface area contributed by atoms with E-state index in [-0.39, 0.29) is 0 Å². The molecule has 0 saturated carbocycles. The van der Waals surface area contributed by atoms with Crippen molar-refractivity contribution in [1.29, 1.82) is 0 Å². The summed E-state index contributed by atoms with van der Waals surface area (Å²) in [6.07, 6.45) is 0. The molecule has 3 rings (SSSR count). The molecule has 0 radical (unpaired) electrons. The third-order valence-corrected chi connectivity index (χ3v) is 2.97. The molecular formula is C14H13NO2. The molecule has 0 aliphatic carbocycles. The zero-order valence-electron chi connectivity index (χ0n) is 9.57. The fraction of sp³-hybridized carbons (Fsp3) is 0.143. The maximum absolute atomic E-state index is 6.03. The van der Waals surface area contributed by atoms with E-state index in [1.165, 1.54) is 0 Å². The summed E-state index contributed by atoms with van der Waals surface area (Å²) in [6.45, 7) is 2.35. The van der Waals surface area contributed by atoms with Crippen LogP contribution in [0.1, 0.15) is 5.56 Å². The van der Waals surface area contributed by atoms with E-state index in [0.717, 1.165) is 33.9 Å². The van der Waals surface area contributed by atoms with E-state index >= 15 is 0 Å². The highest BCUT2D eigenvalue weighted by atomic mass is 16.7. The number of hydrogen-bond donors (Lipinski definition) is 1. The van der Waals surface area contributed by atoms with Crippen molar-refractivity contribution >= 4 is 5.69 Å². The Labute approximate surface area is 99.8 Å². The van der Waals surface area contributed by atoms with Crippen molar-refractivity contribution in [2.24, 2.45) is 0 Å². The van der Waals surface area contributed by atoms with Gasteiger partial charge in [0.2, 0.25) is 6.79 Å². The van der Waals surface area contributed by atoms with Crippen LogP contribution in [0.25, 0.3) is 11.1 Å². The molecule has 1 aliphatic heterocycles. The molecule has 2 aromatic carbocycles. The van der Waals surface area contributed by atoms with Gasteiger partial charge in [0.25, 0.3) is 0 Å². The number of benzene rings is 2. The third-order valence-electron chi connectivity index (χ3n) is 2.97. The molecule has 3 heteroatoms. The molecule has 1 aliphatic rings. The van der Waals surface area contributed by atoms with E-state index in [2.05, 4.69) is 13.0 Å². The number of ether oxygens (including phenoxy) is 2. The monoisotopic (exact) mass is 227 g/mol. The van der Waals surface area contributed by atoms with Crippen molar-refractivity contribution in [3.63, 3.8) is 0 Å². The topological polar surface area (TPSA) is 44.5 Å². The van der Waals surface area contributed by atoms with Gasteiger partial charge >= 0.3 is 0 Å². The molecule has 0 saturated heterocycles. The van der Waals surface area contributed by atoms with Crippen LogP contribution in [0, 0.1) is 6.92 Å². The summed E-state index contributed by atoms with van der Waals surface area (Å²) >= 11 is 0. The van der Waals surface area contributed by atoms with E-state index in [4.69, 9.17) is 15.2 Å². The van der Waals surface area contributed by atoms with Gasteiger partial charge in [-0.3, -0.25) is 0 Å².